The fraction of sp³-hybridized carbons (Fsp3) is 0.278. The number of urea groups is 1. The van der Waals surface area contributed by atoms with Crippen molar-refractivity contribution in [1.82, 2.24) is 10.6 Å². The molecule has 5 nitrogen and oxygen atoms in total. The predicted octanol–water partition coefficient (Wildman–Crippen LogP) is 3.16. The van der Waals surface area contributed by atoms with Crippen molar-refractivity contribution in [3.8, 4) is 11.5 Å². The van der Waals surface area contributed by atoms with Gasteiger partial charge in [-0.25, -0.2) is 9.18 Å². The van der Waals surface area contributed by atoms with E-state index in [1.807, 2.05) is 25.1 Å². The number of hydrogen-bond donors (Lipinski definition) is 2. The van der Waals surface area contributed by atoms with Gasteiger partial charge in [0.25, 0.3) is 0 Å². The van der Waals surface area contributed by atoms with Crippen LogP contribution in [0, 0.1) is 5.82 Å². The van der Waals surface area contributed by atoms with Crippen molar-refractivity contribution in [2.24, 2.45) is 0 Å². The molecule has 126 valence electrons. The smallest absolute Gasteiger partial charge is 0.315 e. The molecule has 0 bridgehead atoms. The van der Waals surface area contributed by atoms with Gasteiger partial charge < -0.3 is 20.1 Å². The zero-order valence-corrected chi connectivity index (χ0v) is 13.3. The van der Waals surface area contributed by atoms with Crippen LogP contribution < -0.4 is 20.1 Å². The van der Waals surface area contributed by atoms with E-state index >= 15 is 0 Å². The van der Waals surface area contributed by atoms with E-state index in [1.165, 1.54) is 12.1 Å². The minimum absolute atomic E-state index is 0.201. The Kier molecular flexibility index (Phi) is 4.84. The van der Waals surface area contributed by atoms with Gasteiger partial charge in [0.2, 0.25) is 0 Å². The second kappa shape index (κ2) is 7.21. The second-order valence-electron chi connectivity index (χ2n) is 5.58. The molecule has 0 spiro atoms. The lowest BCUT2D eigenvalue weighted by Crippen LogP contribution is -2.36. The highest BCUT2D eigenvalue weighted by Gasteiger charge is 2.15. The number of hydrogen-bond acceptors (Lipinski definition) is 3. The minimum atomic E-state index is -0.320. The number of carbonyl (C=O) groups excluding carboxylic acids is 1. The van der Waals surface area contributed by atoms with E-state index in [2.05, 4.69) is 10.6 Å². The molecule has 1 atom stereocenters. The van der Waals surface area contributed by atoms with E-state index in [-0.39, 0.29) is 24.4 Å². The van der Waals surface area contributed by atoms with Crippen molar-refractivity contribution in [3.05, 3.63) is 59.4 Å². The first-order valence-corrected chi connectivity index (χ1v) is 7.80. The van der Waals surface area contributed by atoms with Crippen LogP contribution >= 0.6 is 0 Å². The van der Waals surface area contributed by atoms with E-state index < -0.39 is 0 Å². The normalized spacial score (nSPS) is 13.9. The maximum absolute atomic E-state index is 13.1. The summed E-state index contributed by atoms with van der Waals surface area (Å²) in [4.78, 5) is 12.0. The molecule has 1 aliphatic heterocycles. The molecule has 3 rings (SSSR count). The van der Waals surface area contributed by atoms with Crippen molar-refractivity contribution in [2.45, 2.75) is 19.5 Å². The highest BCUT2D eigenvalue weighted by Crippen LogP contribution is 2.32. The number of rotatable bonds is 4. The molecule has 0 radical (unpaired) electrons. The zero-order chi connectivity index (χ0) is 16.9. The summed E-state index contributed by atoms with van der Waals surface area (Å²) in [6.07, 6.45) is 0. The van der Waals surface area contributed by atoms with Crippen LogP contribution in [0.4, 0.5) is 9.18 Å². The summed E-state index contributed by atoms with van der Waals surface area (Å²) in [6, 6.07) is 11.2. The molecule has 2 amide bonds. The Bertz CT molecular complexity index is 736. The van der Waals surface area contributed by atoms with E-state index in [0.29, 0.717) is 30.3 Å². The third-order valence-corrected chi connectivity index (χ3v) is 3.76. The maximum atomic E-state index is 13.1. The van der Waals surface area contributed by atoms with E-state index in [0.717, 1.165) is 5.56 Å². The summed E-state index contributed by atoms with van der Waals surface area (Å²) in [5, 5.41) is 5.56. The Labute approximate surface area is 139 Å². The van der Waals surface area contributed by atoms with Gasteiger partial charge in [-0.1, -0.05) is 18.2 Å². The van der Waals surface area contributed by atoms with Gasteiger partial charge in [0.15, 0.2) is 11.5 Å². The molecular formula is C18H19FN2O3. The van der Waals surface area contributed by atoms with Crippen molar-refractivity contribution >= 4 is 6.03 Å². The molecular weight excluding hydrogens is 311 g/mol. The molecule has 1 unspecified atom stereocenters. The average molecular weight is 330 g/mol. The number of amides is 2. The van der Waals surface area contributed by atoms with Gasteiger partial charge >= 0.3 is 6.03 Å². The number of nitrogens with one attached hydrogen (secondary N) is 2. The number of ether oxygens (including phenoxy) is 2. The largest absolute Gasteiger partial charge is 0.486 e. The van der Waals surface area contributed by atoms with Crippen LogP contribution in [0.2, 0.25) is 0 Å². The SMILES string of the molecule is CC(NC(=O)NCc1cccc(F)c1)c1ccc2c(c1)OCCO2. The zero-order valence-electron chi connectivity index (χ0n) is 13.3. The number of benzene rings is 2. The molecule has 2 aromatic carbocycles. The van der Waals surface area contributed by atoms with Crippen molar-refractivity contribution in [3.63, 3.8) is 0 Å². The summed E-state index contributed by atoms with van der Waals surface area (Å²) >= 11 is 0. The molecule has 0 fully saturated rings. The first kappa shape index (κ1) is 16.1. The Balaban J connectivity index is 1.56. The highest BCUT2D eigenvalue weighted by molar-refractivity contribution is 5.74. The highest BCUT2D eigenvalue weighted by atomic mass is 19.1. The Morgan fingerprint density at radius 1 is 1.17 bits per heavy atom. The first-order valence-electron chi connectivity index (χ1n) is 7.80. The fourth-order valence-electron chi connectivity index (χ4n) is 2.49. The average Bonchev–Trinajstić information content (AvgIpc) is 2.59. The molecule has 0 aromatic heterocycles. The molecule has 24 heavy (non-hydrogen) atoms. The summed E-state index contributed by atoms with van der Waals surface area (Å²) in [5.41, 5.74) is 1.62. The quantitative estimate of drug-likeness (QED) is 0.905. The van der Waals surface area contributed by atoms with E-state index in [4.69, 9.17) is 9.47 Å². The van der Waals surface area contributed by atoms with Crippen LogP contribution in [0.3, 0.4) is 0 Å². The summed E-state index contributed by atoms with van der Waals surface area (Å²) in [6.45, 7) is 3.21. The van der Waals surface area contributed by atoms with Gasteiger partial charge in [0.1, 0.15) is 19.0 Å². The van der Waals surface area contributed by atoms with Crippen LogP contribution in [-0.2, 0) is 6.54 Å². The molecule has 0 aliphatic carbocycles. The van der Waals surface area contributed by atoms with Gasteiger partial charge in [0, 0.05) is 6.54 Å². The van der Waals surface area contributed by atoms with Crippen molar-refractivity contribution < 1.29 is 18.7 Å². The first-order chi connectivity index (χ1) is 11.6. The van der Waals surface area contributed by atoms with Gasteiger partial charge in [0.05, 0.1) is 6.04 Å². The molecule has 1 aliphatic rings. The maximum Gasteiger partial charge on any atom is 0.315 e. The lowest BCUT2D eigenvalue weighted by Gasteiger charge is -2.21. The van der Waals surface area contributed by atoms with Gasteiger partial charge in [-0.15, -0.1) is 0 Å². The van der Waals surface area contributed by atoms with Crippen LogP contribution in [-0.4, -0.2) is 19.2 Å². The Morgan fingerprint density at radius 3 is 2.75 bits per heavy atom. The van der Waals surface area contributed by atoms with Crippen LogP contribution in [0.25, 0.3) is 0 Å². The molecule has 2 aromatic rings. The fourth-order valence-corrected chi connectivity index (χ4v) is 2.49. The monoisotopic (exact) mass is 330 g/mol. The van der Waals surface area contributed by atoms with Gasteiger partial charge in [-0.3, -0.25) is 0 Å². The van der Waals surface area contributed by atoms with Crippen LogP contribution in [0.5, 0.6) is 11.5 Å². The summed E-state index contributed by atoms with van der Waals surface area (Å²) in [5.74, 6) is 1.08. The molecule has 2 N–H and O–H groups in total. The molecule has 1 heterocycles. The molecule has 6 heteroatoms. The van der Waals surface area contributed by atoms with Gasteiger partial charge in [-0.05, 0) is 42.3 Å². The summed E-state index contributed by atoms with van der Waals surface area (Å²) in [7, 11) is 0. The standard InChI is InChI=1S/C18H19FN2O3/c1-12(14-5-6-16-17(10-14)24-8-7-23-16)21-18(22)20-11-13-3-2-4-15(19)9-13/h2-6,9-10,12H,7-8,11H2,1H3,(H2,20,21,22). The van der Waals surface area contributed by atoms with Crippen molar-refractivity contribution in [1.29, 1.82) is 0 Å². The van der Waals surface area contributed by atoms with Crippen LogP contribution in [0.15, 0.2) is 42.5 Å². The third kappa shape index (κ3) is 3.95. The lowest BCUT2D eigenvalue weighted by molar-refractivity contribution is 0.171. The molecule has 0 saturated heterocycles. The third-order valence-electron chi connectivity index (χ3n) is 3.76. The van der Waals surface area contributed by atoms with Gasteiger partial charge in [-0.2, -0.15) is 0 Å². The number of carbonyl (C=O) groups is 1. The second-order valence-corrected chi connectivity index (χ2v) is 5.58. The van der Waals surface area contributed by atoms with E-state index in [9.17, 15) is 9.18 Å². The Hall–Kier alpha value is -2.76. The number of halogens is 1. The molecule has 0 saturated carbocycles. The Morgan fingerprint density at radius 2 is 1.96 bits per heavy atom. The van der Waals surface area contributed by atoms with Crippen LogP contribution in [0.1, 0.15) is 24.1 Å². The predicted molar refractivity (Wildman–Crippen MR) is 87.6 cm³/mol. The van der Waals surface area contributed by atoms with E-state index in [1.54, 1.807) is 12.1 Å². The lowest BCUT2D eigenvalue weighted by atomic mass is 10.1. The minimum Gasteiger partial charge on any atom is -0.486 e. The topological polar surface area (TPSA) is 59.6 Å². The number of fused-ring (bicyclic) bond motifs is 1. The summed E-state index contributed by atoms with van der Waals surface area (Å²) < 4.78 is 24.1. The van der Waals surface area contributed by atoms with Crippen molar-refractivity contribution in [2.75, 3.05) is 13.2 Å².